The second kappa shape index (κ2) is 5.18. The van der Waals surface area contributed by atoms with Crippen molar-refractivity contribution in [3.63, 3.8) is 0 Å². The molecule has 0 spiro atoms. The Hall–Kier alpha value is -0.995. The minimum atomic E-state index is -1.41. The van der Waals surface area contributed by atoms with Crippen LogP contribution in [0, 0.1) is 0 Å². The maximum Gasteiger partial charge on any atom is 0.131 e. The summed E-state index contributed by atoms with van der Waals surface area (Å²) < 4.78 is 15.2. The van der Waals surface area contributed by atoms with Crippen molar-refractivity contribution < 1.29 is 4.39 Å². The van der Waals surface area contributed by atoms with Crippen molar-refractivity contribution in [2.24, 2.45) is 0 Å². The highest BCUT2D eigenvalue weighted by Gasteiger charge is 2.23. The predicted octanol–water partition coefficient (Wildman–Crippen LogP) is 4.36. The van der Waals surface area contributed by atoms with Crippen molar-refractivity contribution in [1.82, 2.24) is 0 Å². The molecule has 0 aliphatic carbocycles. The third-order valence-electron chi connectivity index (χ3n) is 2.88. The van der Waals surface area contributed by atoms with Crippen LogP contribution in [0.5, 0.6) is 0 Å². The van der Waals surface area contributed by atoms with Gasteiger partial charge in [-0.2, -0.15) is 0 Å². The molecular formula is C15H14BFS2. The second-order valence-corrected chi connectivity index (χ2v) is 6.28. The number of thiol groups is 1. The van der Waals surface area contributed by atoms with Crippen LogP contribution in [0.4, 0.5) is 4.39 Å². The Bertz CT molecular complexity index is 663. The van der Waals surface area contributed by atoms with Crippen LogP contribution in [0.1, 0.15) is 25.0 Å². The first-order valence-corrected chi connectivity index (χ1v) is 7.19. The van der Waals surface area contributed by atoms with Crippen LogP contribution in [0.3, 0.4) is 0 Å². The average Bonchev–Trinajstić information content (AvgIpc) is 2.70. The summed E-state index contributed by atoms with van der Waals surface area (Å²) in [6.45, 7) is 6.76. The van der Waals surface area contributed by atoms with Gasteiger partial charge in [-0.1, -0.05) is 30.3 Å². The molecule has 0 bridgehead atoms. The van der Waals surface area contributed by atoms with Gasteiger partial charge in [-0.3, -0.25) is 0 Å². The topological polar surface area (TPSA) is 0 Å². The largest absolute Gasteiger partial charge is 0.239 e. The predicted molar refractivity (Wildman–Crippen MR) is 88.5 cm³/mol. The van der Waals surface area contributed by atoms with E-state index in [2.05, 4.69) is 19.2 Å². The van der Waals surface area contributed by atoms with E-state index in [0.717, 1.165) is 20.6 Å². The SMILES string of the molecule is [B]c1cc(C(C)(C)F)c2scc(/C=C(/S)C=C)c2c1. The van der Waals surface area contributed by atoms with Gasteiger partial charge < -0.3 is 0 Å². The third kappa shape index (κ3) is 2.95. The van der Waals surface area contributed by atoms with E-state index in [1.807, 2.05) is 17.5 Å². The van der Waals surface area contributed by atoms with Gasteiger partial charge in [0.05, 0.1) is 0 Å². The molecule has 0 amide bonds. The lowest BCUT2D eigenvalue weighted by atomic mass is 9.88. The molecule has 0 fully saturated rings. The molecule has 0 N–H and O–H groups in total. The quantitative estimate of drug-likeness (QED) is 0.484. The van der Waals surface area contributed by atoms with Crippen LogP contribution in [0.25, 0.3) is 16.2 Å². The van der Waals surface area contributed by atoms with E-state index in [1.165, 1.54) is 11.3 Å². The monoisotopic (exact) mass is 288 g/mol. The summed E-state index contributed by atoms with van der Waals surface area (Å²) in [6, 6.07) is 3.58. The molecule has 0 saturated carbocycles. The molecule has 96 valence electrons. The van der Waals surface area contributed by atoms with Gasteiger partial charge in [-0.05, 0) is 36.3 Å². The van der Waals surface area contributed by atoms with Crippen LogP contribution < -0.4 is 5.46 Å². The fraction of sp³-hybridized carbons (Fsp3) is 0.200. The summed E-state index contributed by atoms with van der Waals surface area (Å²) in [5.41, 5.74) is 0.775. The molecule has 1 aromatic heterocycles. The number of fused-ring (bicyclic) bond motifs is 1. The van der Waals surface area contributed by atoms with Gasteiger partial charge >= 0.3 is 0 Å². The minimum absolute atomic E-state index is 0.570. The lowest BCUT2D eigenvalue weighted by Crippen LogP contribution is -2.14. The molecule has 0 aliphatic heterocycles. The van der Waals surface area contributed by atoms with Gasteiger partial charge in [0.15, 0.2) is 0 Å². The van der Waals surface area contributed by atoms with Crippen molar-refractivity contribution in [3.8, 4) is 0 Å². The number of hydrogen-bond donors (Lipinski definition) is 1. The molecule has 1 aromatic carbocycles. The summed E-state index contributed by atoms with van der Waals surface area (Å²) in [7, 11) is 5.89. The summed E-state index contributed by atoms with van der Waals surface area (Å²) in [4.78, 5) is 0.767. The number of rotatable bonds is 3. The first-order valence-electron chi connectivity index (χ1n) is 5.86. The first-order chi connectivity index (χ1) is 8.82. The van der Waals surface area contributed by atoms with E-state index in [-0.39, 0.29) is 0 Å². The van der Waals surface area contributed by atoms with Gasteiger partial charge in [-0.25, -0.2) is 4.39 Å². The zero-order valence-electron chi connectivity index (χ0n) is 10.9. The molecule has 0 aliphatic rings. The Morgan fingerprint density at radius 2 is 2.16 bits per heavy atom. The zero-order chi connectivity index (χ0) is 14.2. The third-order valence-corrected chi connectivity index (χ3v) is 4.24. The van der Waals surface area contributed by atoms with Crippen LogP contribution in [0.15, 0.2) is 35.1 Å². The lowest BCUT2D eigenvalue weighted by molar-refractivity contribution is 0.224. The van der Waals surface area contributed by atoms with E-state index >= 15 is 0 Å². The molecule has 0 unspecified atom stereocenters. The normalized spacial score (nSPS) is 12.9. The first kappa shape index (κ1) is 14.4. The number of halogens is 1. The van der Waals surface area contributed by atoms with Crippen molar-refractivity contribution in [3.05, 3.63) is 46.2 Å². The molecule has 4 heteroatoms. The average molecular weight is 288 g/mol. The van der Waals surface area contributed by atoms with Crippen LogP contribution in [-0.2, 0) is 5.67 Å². The summed E-state index contributed by atoms with van der Waals surface area (Å²) in [6.07, 6.45) is 3.57. The number of allylic oxidation sites excluding steroid dienone is 1. The fourth-order valence-corrected chi connectivity index (χ4v) is 3.26. The molecular weight excluding hydrogens is 274 g/mol. The molecule has 2 radical (unpaired) electrons. The Morgan fingerprint density at radius 3 is 2.74 bits per heavy atom. The van der Waals surface area contributed by atoms with Crippen LogP contribution in [-0.4, -0.2) is 7.85 Å². The Labute approximate surface area is 123 Å². The van der Waals surface area contributed by atoms with Gasteiger partial charge in [0.25, 0.3) is 0 Å². The molecule has 0 atom stereocenters. The highest BCUT2D eigenvalue weighted by atomic mass is 32.1. The number of alkyl halides is 1. The number of hydrogen-bond acceptors (Lipinski definition) is 2. The molecule has 19 heavy (non-hydrogen) atoms. The zero-order valence-corrected chi connectivity index (χ0v) is 12.6. The standard InChI is InChI=1S/C15H14BFS2/c1-4-11(18)5-9-8-19-14-12(9)6-10(16)7-13(14)15(2,3)17/h4-8,18H,1H2,2-3H3/b11-5+. The van der Waals surface area contributed by atoms with Crippen molar-refractivity contribution in [2.45, 2.75) is 19.5 Å². The molecule has 0 nitrogen and oxygen atoms in total. The number of benzene rings is 1. The van der Waals surface area contributed by atoms with E-state index < -0.39 is 5.67 Å². The molecule has 0 saturated heterocycles. The maximum atomic E-state index is 14.3. The number of thiophene rings is 1. The van der Waals surface area contributed by atoms with Crippen molar-refractivity contribution in [2.75, 3.05) is 0 Å². The molecule has 2 aromatic rings. The fourth-order valence-electron chi connectivity index (χ4n) is 1.95. The molecule has 2 rings (SSSR count). The van der Waals surface area contributed by atoms with Gasteiger partial charge in [0.2, 0.25) is 0 Å². The van der Waals surface area contributed by atoms with Crippen molar-refractivity contribution in [1.29, 1.82) is 0 Å². The second-order valence-electron chi connectivity index (χ2n) is 4.88. The Morgan fingerprint density at radius 1 is 1.47 bits per heavy atom. The Balaban J connectivity index is 2.74. The van der Waals surface area contributed by atoms with Gasteiger partial charge in [-0.15, -0.1) is 24.0 Å². The maximum absolute atomic E-state index is 14.3. The van der Waals surface area contributed by atoms with E-state index in [1.54, 1.807) is 26.0 Å². The van der Waals surface area contributed by atoms with E-state index in [9.17, 15) is 4.39 Å². The van der Waals surface area contributed by atoms with Crippen molar-refractivity contribution >= 4 is 53.4 Å². The van der Waals surface area contributed by atoms with Gasteiger partial charge in [0.1, 0.15) is 13.5 Å². The smallest absolute Gasteiger partial charge is 0.131 e. The highest BCUT2D eigenvalue weighted by Crippen LogP contribution is 2.36. The summed E-state index contributed by atoms with van der Waals surface area (Å²) in [5.74, 6) is 0. The van der Waals surface area contributed by atoms with E-state index in [4.69, 9.17) is 7.85 Å². The van der Waals surface area contributed by atoms with Crippen LogP contribution in [0.2, 0.25) is 0 Å². The highest BCUT2D eigenvalue weighted by molar-refractivity contribution is 7.84. The summed E-state index contributed by atoms with van der Waals surface area (Å²) >= 11 is 5.81. The molecule has 1 heterocycles. The summed E-state index contributed by atoms with van der Waals surface area (Å²) in [5, 5.41) is 2.94. The Kier molecular flexibility index (Phi) is 3.93. The van der Waals surface area contributed by atoms with Crippen LogP contribution >= 0.6 is 24.0 Å². The minimum Gasteiger partial charge on any atom is -0.239 e. The lowest BCUT2D eigenvalue weighted by Gasteiger charge is -2.16. The van der Waals surface area contributed by atoms with E-state index in [0.29, 0.717) is 11.0 Å². The van der Waals surface area contributed by atoms with Gasteiger partial charge in [0, 0.05) is 15.2 Å².